The molecule has 1 amide bonds. The van der Waals surface area contributed by atoms with Crippen LogP contribution in [-0.2, 0) is 0 Å². The van der Waals surface area contributed by atoms with Crippen molar-refractivity contribution >= 4 is 17.2 Å². The summed E-state index contributed by atoms with van der Waals surface area (Å²) in [5.74, 6) is -0.0586. The van der Waals surface area contributed by atoms with Gasteiger partial charge in [-0.3, -0.25) is 4.79 Å². The Labute approximate surface area is 99.5 Å². The predicted octanol–water partition coefficient (Wildman–Crippen LogP) is 1.32. The van der Waals surface area contributed by atoms with Crippen LogP contribution in [0.25, 0.3) is 0 Å². The Bertz CT molecular complexity index is 358. The van der Waals surface area contributed by atoms with Crippen molar-refractivity contribution in [1.82, 2.24) is 15.6 Å². The summed E-state index contributed by atoms with van der Waals surface area (Å²) in [7, 11) is 0. The van der Waals surface area contributed by atoms with Crippen LogP contribution in [0.4, 0.5) is 0 Å². The second kappa shape index (κ2) is 5.41. The standard InChI is InChI=1S/C11H17N3OS/c1-8-14-10(7-16-8)11(15)13-6-9-4-2-3-5-12-9/h7,9,12H,2-6H2,1H3,(H,13,15). The first kappa shape index (κ1) is 11.5. The predicted molar refractivity (Wildman–Crippen MR) is 64.8 cm³/mol. The van der Waals surface area contributed by atoms with Crippen LogP contribution in [0.5, 0.6) is 0 Å². The molecule has 1 saturated heterocycles. The molecular formula is C11H17N3OS. The summed E-state index contributed by atoms with van der Waals surface area (Å²) in [6.45, 7) is 3.68. The molecule has 4 nitrogen and oxygen atoms in total. The number of piperidine rings is 1. The van der Waals surface area contributed by atoms with Gasteiger partial charge < -0.3 is 10.6 Å². The lowest BCUT2D eigenvalue weighted by Crippen LogP contribution is -2.43. The van der Waals surface area contributed by atoms with Crippen molar-refractivity contribution < 1.29 is 4.79 Å². The van der Waals surface area contributed by atoms with E-state index in [1.807, 2.05) is 6.92 Å². The molecule has 1 aliphatic heterocycles. The minimum atomic E-state index is -0.0586. The van der Waals surface area contributed by atoms with Crippen LogP contribution in [-0.4, -0.2) is 30.0 Å². The topological polar surface area (TPSA) is 54.0 Å². The van der Waals surface area contributed by atoms with Crippen molar-refractivity contribution in [3.8, 4) is 0 Å². The van der Waals surface area contributed by atoms with E-state index in [-0.39, 0.29) is 5.91 Å². The number of amides is 1. The first-order chi connectivity index (χ1) is 7.75. The number of carbonyl (C=O) groups is 1. The van der Waals surface area contributed by atoms with Gasteiger partial charge in [-0.2, -0.15) is 0 Å². The average Bonchev–Trinajstić information content (AvgIpc) is 2.74. The normalized spacial score (nSPS) is 20.7. The molecule has 0 aromatic carbocycles. The molecule has 0 spiro atoms. The quantitative estimate of drug-likeness (QED) is 0.836. The Morgan fingerprint density at radius 2 is 2.56 bits per heavy atom. The van der Waals surface area contributed by atoms with Crippen molar-refractivity contribution in [1.29, 1.82) is 0 Å². The number of nitrogens with one attached hydrogen (secondary N) is 2. The molecule has 5 heteroatoms. The molecule has 0 bridgehead atoms. The number of rotatable bonds is 3. The third-order valence-corrected chi connectivity index (χ3v) is 3.55. The van der Waals surface area contributed by atoms with Gasteiger partial charge in [-0.25, -0.2) is 4.98 Å². The Kier molecular flexibility index (Phi) is 3.90. The van der Waals surface area contributed by atoms with E-state index >= 15 is 0 Å². The first-order valence-corrected chi connectivity index (χ1v) is 6.57. The molecule has 2 N–H and O–H groups in total. The highest BCUT2D eigenvalue weighted by molar-refractivity contribution is 7.09. The van der Waals surface area contributed by atoms with Gasteiger partial charge in [0.1, 0.15) is 5.69 Å². The fourth-order valence-electron chi connectivity index (χ4n) is 1.87. The van der Waals surface area contributed by atoms with Crippen LogP contribution in [0.2, 0.25) is 0 Å². The average molecular weight is 239 g/mol. The third kappa shape index (κ3) is 3.02. The lowest BCUT2D eigenvalue weighted by atomic mass is 10.1. The van der Waals surface area contributed by atoms with Gasteiger partial charge in [-0.05, 0) is 26.3 Å². The van der Waals surface area contributed by atoms with Gasteiger partial charge in [0, 0.05) is 18.0 Å². The van der Waals surface area contributed by atoms with E-state index in [2.05, 4.69) is 15.6 Å². The highest BCUT2D eigenvalue weighted by Crippen LogP contribution is 2.08. The molecule has 16 heavy (non-hydrogen) atoms. The maximum absolute atomic E-state index is 11.7. The van der Waals surface area contributed by atoms with Gasteiger partial charge in [0.2, 0.25) is 0 Å². The summed E-state index contributed by atoms with van der Waals surface area (Å²) in [5, 5.41) is 9.06. The number of aryl methyl sites for hydroxylation is 1. The van der Waals surface area contributed by atoms with Gasteiger partial charge in [0.15, 0.2) is 0 Å². The molecule has 2 rings (SSSR count). The minimum Gasteiger partial charge on any atom is -0.349 e. The summed E-state index contributed by atoms with van der Waals surface area (Å²) in [4.78, 5) is 15.9. The smallest absolute Gasteiger partial charge is 0.270 e. The first-order valence-electron chi connectivity index (χ1n) is 5.69. The van der Waals surface area contributed by atoms with E-state index in [4.69, 9.17) is 0 Å². The maximum atomic E-state index is 11.7. The Hall–Kier alpha value is -0.940. The molecule has 1 aromatic heterocycles. The fraction of sp³-hybridized carbons (Fsp3) is 0.636. The van der Waals surface area contributed by atoms with Crippen molar-refractivity contribution in [3.05, 3.63) is 16.1 Å². The Morgan fingerprint density at radius 3 is 3.19 bits per heavy atom. The molecule has 1 aliphatic rings. The molecule has 0 aliphatic carbocycles. The molecular weight excluding hydrogens is 222 g/mol. The molecule has 1 aromatic rings. The van der Waals surface area contributed by atoms with Crippen LogP contribution in [0.1, 0.15) is 34.8 Å². The second-order valence-corrected chi connectivity index (χ2v) is 5.17. The molecule has 1 fully saturated rings. The molecule has 2 heterocycles. The summed E-state index contributed by atoms with van der Waals surface area (Å²) >= 11 is 1.51. The van der Waals surface area contributed by atoms with E-state index < -0.39 is 0 Å². The zero-order chi connectivity index (χ0) is 11.4. The summed E-state index contributed by atoms with van der Waals surface area (Å²) in [6, 6.07) is 0.428. The SMILES string of the molecule is Cc1nc(C(=O)NCC2CCCCN2)cs1. The second-order valence-electron chi connectivity index (χ2n) is 4.11. The maximum Gasteiger partial charge on any atom is 0.270 e. The number of thiazole rings is 1. The van der Waals surface area contributed by atoms with E-state index in [9.17, 15) is 4.79 Å². The Balaban J connectivity index is 1.79. The van der Waals surface area contributed by atoms with E-state index in [1.54, 1.807) is 5.38 Å². The van der Waals surface area contributed by atoms with Crippen LogP contribution in [0, 0.1) is 6.92 Å². The molecule has 88 valence electrons. The number of nitrogens with zero attached hydrogens (tertiary/aromatic N) is 1. The minimum absolute atomic E-state index is 0.0586. The van der Waals surface area contributed by atoms with Crippen LogP contribution in [0.3, 0.4) is 0 Å². The van der Waals surface area contributed by atoms with Gasteiger partial charge in [0.25, 0.3) is 5.91 Å². The highest BCUT2D eigenvalue weighted by atomic mass is 32.1. The van der Waals surface area contributed by atoms with E-state index in [0.29, 0.717) is 18.3 Å². The summed E-state index contributed by atoms with van der Waals surface area (Å²) in [6.07, 6.45) is 3.65. The monoisotopic (exact) mass is 239 g/mol. The summed E-state index contributed by atoms with van der Waals surface area (Å²) < 4.78 is 0. The fourth-order valence-corrected chi connectivity index (χ4v) is 2.47. The van der Waals surface area contributed by atoms with Crippen molar-refractivity contribution in [2.45, 2.75) is 32.2 Å². The number of hydrogen-bond donors (Lipinski definition) is 2. The van der Waals surface area contributed by atoms with Gasteiger partial charge in [0.05, 0.1) is 5.01 Å². The van der Waals surface area contributed by atoms with Crippen molar-refractivity contribution in [2.24, 2.45) is 0 Å². The van der Waals surface area contributed by atoms with E-state index in [1.165, 1.54) is 24.2 Å². The lowest BCUT2D eigenvalue weighted by Gasteiger charge is -2.23. The molecule has 1 atom stereocenters. The highest BCUT2D eigenvalue weighted by Gasteiger charge is 2.15. The Morgan fingerprint density at radius 1 is 1.69 bits per heavy atom. The molecule has 1 unspecified atom stereocenters. The zero-order valence-electron chi connectivity index (χ0n) is 9.45. The molecule has 0 saturated carbocycles. The number of carbonyl (C=O) groups excluding carboxylic acids is 1. The lowest BCUT2D eigenvalue weighted by molar-refractivity contribution is 0.0943. The van der Waals surface area contributed by atoms with Crippen LogP contribution in [0.15, 0.2) is 5.38 Å². The zero-order valence-corrected chi connectivity index (χ0v) is 10.3. The van der Waals surface area contributed by atoms with Gasteiger partial charge in [-0.15, -0.1) is 11.3 Å². The number of hydrogen-bond acceptors (Lipinski definition) is 4. The van der Waals surface area contributed by atoms with Gasteiger partial charge in [-0.1, -0.05) is 6.42 Å². The molecule has 0 radical (unpaired) electrons. The van der Waals surface area contributed by atoms with Crippen LogP contribution >= 0.6 is 11.3 Å². The van der Waals surface area contributed by atoms with E-state index in [0.717, 1.165) is 18.0 Å². The van der Waals surface area contributed by atoms with Gasteiger partial charge >= 0.3 is 0 Å². The largest absolute Gasteiger partial charge is 0.349 e. The summed E-state index contributed by atoms with van der Waals surface area (Å²) in [5.41, 5.74) is 0.540. The van der Waals surface area contributed by atoms with Crippen LogP contribution < -0.4 is 10.6 Å². The third-order valence-electron chi connectivity index (χ3n) is 2.77. The number of aromatic nitrogens is 1. The van der Waals surface area contributed by atoms with Crippen molar-refractivity contribution in [2.75, 3.05) is 13.1 Å². The van der Waals surface area contributed by atoms with Crippen molar-refractivity contribution in [3.63, 3.8) is 0 Å².